The molecule has 1 aliphatic carbocycles. The number of hydrogen-bond donors (Lipinski definition) is 1. The summed E-state index contributed by atoms with van der Waals surface area (Å²) in [6.45, 7) is 0.405. The SMILES string of the molecule is NOC(=O)c1ccc(CCn2c(COc3cccc(OC4CCC4)c3)c(Cl)cc(Cl)c2=O)cc1. The number of nitrogens with two attached hydrogens (primary N) is 1. The maximum atomic E-state index is 12.8. The van der Waals surface area contributed by atoms with Gasteiger partial charge in [0.15, 0.2) is 0 Å². The molecule has 0 unspecified atom stereocenters. The van der Waals surface area contributed by atoms with Gasteiger partial charge in [0.25, 0.3) is 5.56 Å². The first kappa shape index (κ1) is 24.1. The zero-order chi connectivity index (χ0) is 24.1. The molecule has 1 saturated carbocycles. The van der Waals surface area contributed by atoms with E-state index in [-0.39, 0.29) is 23.3 Å². The van der Waals surface area contributed by atoms with Gasteiger partial charge in [-0.25, -0.2) is 4.79 Å². The largest absolute Gasteiger partial charge is 0.490 e. The fourth-order valence-electron chi connectivity index (χ4n) is 3.61. The molecule has 7 nitrogen and oxygen atoms in total. The maximum absolute atomic E-state index is 12.8. The van der Waals surface area contributed by atoms with Gasteiger partial charge in [-0.2, -0.15) is 5.90 Å². The third-order valence-electron chi connectivity index (χ3n) is 5.76. The molecule has 1 aliphatic rings. The number of carbonyl (C=O) groups is 1. The Morgan fingerprint density at radius 1 is 1.03 bits per heavy atom. The summed E-state index contributed by atoms with van der Waals surface area (Å²) >= 11 is 12.6. The topological polar surface area (TPSA) is 92.8 Å². The van der Waals surface area contributed by atoms with Crippen molar-refractivity contribution < 1.29 is 19.1 Å². The van der Waals surface area contributed by atoms with Crippen LogP contribution in [-0.4, -0.2) is 16.6 Å². The second-order valence-electron chi connectivity index (χ2n) is 8.03. The number of rotatable bonds is 9. The molecule has 3 aromatic rings. The van der Waals surface area contributed by atoms with Gasteiger partial charge in [-0.05, 0) is 61.6 Å². The number of pyridine rings is 1. The Morgan fingerprint density at radius 3 is 2.44 bits per heavy atom. The highest BCUT2D eigenvalue weighted by atomic mass is 35.5. The molecule has 0 saturated heterocycles. The summed E-state index contributed by atoms with van der Waals surface area (Å²) in [5.41, 5.74) is 1.41. The van der Waals surface area contributed by atoms with Crippen LogP contribution in [0.25, 0.3) is 0 Å². The highest BCUT2D eigenvalue weighted by Gasteiger charge is 2.19. The lowest BCUT2D eigenvalue weighted by Crippen LogP contribution is -2.26. The van der Waals surface area contributed by atoms with Crippen molar-refractivity contribution in [2.75, 3.05) is 0 Å². The van der Waals surface area contributed by atoms with Crippen LogP contribution in [0.1, 0.15) is 40.9 Å². The van der Waals surface area contributed by atoms with Crippen molar-refractivity contribution in [1.82, 2.24) is 4.57 Å². The lowest BCUT2D eigenvalue weighted by atomic mass is 9.96. The van der Waals surface area contributed by atoms with E-state index >= 15 is 0 Å². The van der Waals surface area contributed by atoms with Crippen molar-refractivity contribution in [3.05, 3.63) is 91.8 Å². The Balaban J connectivity index is 1.48. The zero-order valence-electron chi connectivity index (χ0n) is 18.3. The van der Waals surface area contributed by atoms with Gasteiger partial charge in [-0.3, -0.25) is 4.79 Å². The van der Waals surface area contributed by atoms with E-state index in [1.165, 1.54) is 17.1 Å². The molecule has 34 heavy (non-hydrogen) atoms. The van der Waals surface area contributed by atoms with Crippen molar-refractivity contribution in [1.29, 1.82) is 0 Å². The average Bonchev–Trinajstić information content (AvgIpc) is 2.82. The molecule has 178 valence electrons. The molecule has 0 atom stereocenters. The highest BCUT2D eigenvalue weighted by Crippen LogP contribution is 2.28. The fraction of sp³-hybridized carbons (Fsp3) is 0.280. The Morgan fingerprint density at radius 2 is 1.76 bits per heavy atom. The molecule has 2 aromatic carbocycles. The van der Waals surface area contributed by atoms with Gasteiger partial charge in [0.2, 0.25) is 0 Å². The number of hydrogen-bond acceptors (Lipinski definition) is 6. The molecule has 1 aromatic heterocycles. The number of benzene rings is 2. The van der Waals surface area contributed by atoms with Crippen LogP contribution in [0.2, 0.25) is 10.0 Å². The summed E-state index contributed by atoms with van der Waals surface area (Å²) in [7, 11) is 0. The number of aromatic nitrogens is 1. The normalized spacial score (nSPS) is 13.3. The van der Waals surface area contributed by atoms with E-state index < -0.39 is 5.97 Å². The summed E-state index contributed by atoms with van der Waals surface area (Å²) in [6.07, 6.45) is 4.10. The summed E-state index contributed by atoms with van der Waals surface area (Å²) < 4.78 is 13.4. The first-order chi connectivity index (χ1) is 16.4. The van der Waals surface area contributed by atoms with Gasteiger partial charge in [0, 0.05) is 12.6 Å². The quantitative estimate of drug-likeness (QED) is 0.416. The van der Waals surface area contributed by atoms with Crippen LogP contribution in [0.5, 0.6) is 11.5 Å². The molecule has 0 aliphatic heterocycles. The molecule has 0 radical (unpaired) electrons. The van der Waals surface area contributed by atoms with Crippen LogP contribution in [0, 0.1) is 0 Å². The Kier molecular flexibility index (Phi) is 7.77. The summed E-state index contributed by atoms with van der Waals surface area (Å²) in [5.74, 6) is 5.66. The van der Waals surface area contributed by atoms with Gasteiger partial charge in [0.05, 0.1) is 22.4 Å². The highest BCUT2D eigenvalue weighted by molar-refractivity contribution is 6.34. The van der Waals surface area contributed by atoms with E-state index in [1.807, 2.05) is 24.3 Å². The van der Waals surface area contributed by atoms with Gasteiger partial charge in [-0.15, -0.1) is 0 Å². The van der Waals surface area contributed by atoms with Crippen LogP contribution >= 0.6 is 23.2 Å². The number of nitrogens with zero attached hydrogens (tertiary/aromatic N) is 1. The molecule has 2 N–H and O–H groups in total. The molecule has 1 fully saturated rings. The van der Waals surface area contributed by atoms with Crippen LogP contribution in [0.3, 0.4) is 0 Å². The van der Waals surface area contributed by atoms with E-state index in [9.17, 15) is 9.59 Å². The van der Waals surface area contributed by atoms with Crippen molar-refractivity contribution >= 4 is 29.2 Å². The third-order valence-corrected chi connectivity index (χ3v) is 6.36. The van der Waals surface area contributed by atoms with Crippen molar-refractivity contribution in [2.45, 2.75) is 44.9 Å². The summed E-state index contributed by atoms with van der Waals surface area (Å²) in [4.78, 5) is 28.5. The average molecular weight is 503 g/mol. The second kappa shape index (κ2) is 11.0. The van der Waals surface area contributed by atoms with Gasteiger partial charge >= 0.3 is 5.97 Å². The molecule has 9 heteroatoms. The number of carbonyl (C=O) groups excluding carboxylic acids is 1. The molecule has 0 spiro atoms. The Bertz CT molecular complexity index is 1220. The monoisotopic (exact) mass is 502 g/mol. The first-order valence-corrected chi connectivity index (χ1v) is 11.7. The van der Waals surface area contributed by atoms with Crippen LogP contribution in [-0.2, 0) is 24.4 Å². The lowest BCUT2D eigenvalue weighted by molar-refractivity contribution is 0.0503. The molecule has 0 bridgehead atoms. The minimum absolute atomic E-state index is 0.0330. The minimum atomic E-state index is -0.619. The van der Waals surface area contributed by atoms with Gasteiger partial charge in [0.1, 0.15) is 23.1 Å². The van der Waals surface area contributed by atoms with Crippen molar-refractivity contribution in [2.24, 2.45) is 5.90 Å². The summed E-state index contributed by atoms with van der Waals surface area (Å²) in [6, 6.07) is 15.6. The van der Waals surface area contributed by atoms with E-state index in [1.54, 1.807) is 24.3 Å². The Labute approximate surface area is 206 Å². The minimum Gasteiger partial charge on any atom is -0.490 e. The smallest absolute Gasteiger partial charge is 0.356 e. The predicted octanol–water partition coefficient (Wildman–Crippen LogP) is 4.94. The molecular formula is C25H24Cl2N2O5. The van der Waals surface area contributed by atoms with E-state index in [0.29, 0.717) is 35.0 Å². The predicted molar refractivity (Wildman–Crippen MR) is 130 cm³/mol. The molecule has 0 amide bonds. The molecule has 1 heterocycles. The second-order valence-corrected chi connectivity index (χ2v) is 8.84. The van der Waals surface area contributed by atoms with Crippen molar-refractivity contribution in [3.63, 3.8) is 0 Å². The van der Waals surface area contributed by atoms with Crippen LogP contribution in [0.15, 0.2) is 59.4 Å². The Hall–Kier alpha value is -3.00. The number of ether oxygens (including phenoxy) is 2. The standard InChI is InChI=1S/C25H24Cl2N2O5/c26-21-14-22(27)24(30)29(12-11-16-7-9-17(10-8-16)25(31)34-28)23(21)15-32-19-5-2-6-20(13-19)33-18-3-1-4-18/h2,5-10,13-14,18H,1,3-4,11-12,15,28H2. The van der Waals surface area contributed by atoms with Crippen molar-refractivity contribution in [3.8, 4) is 11.5 Å². The van der Waals surface area contributed by atoms with E-state index in [4.69, 9.17) is 38.6 Å². The maximum Gasteiger partial charge on any atom is 0.356 e. The fourth-order valence-corrected chi connectivity index (χ4v) is 4.14. The van der Waals surface area contributed by atoms with Gasteiger partial charge < -0.3 is 18.9 Å². The zero-order valence-corrected chi connectivity index (χ0v) is 19.8. The van der Waals surface area contributed by atoms with Crippen LogP contribution < -0.4 is 20.9 Å². The van der Waals surface area contributed by atoms with Gasteiger partial charge in [-0.1, -0.05) is 41.4 Å². The van der Waals surface area contributed by atoms with E-state index in [0.717, 1.165) is 24.2 Å². The molecule has 4 rings (SSSR count). The number of halogens is 2. The third kappa shape index (κ3) is 5.73. The molecular weight excluding hydrogens is 479 g/mol. The van der Waals surface area contributed by atoms with E-state index in [2.05, 4.69) is 4.84 Å². The first-order valence-electron chi connectivity index (χ1n) is 10.9. The summed E-state index contributed by atoms with van der Waals surface area (Å²) in [5, 5.41) is 0.373. The number of aryl methyl sites for hydroxylation is 1. The lowest BCUT2D eigenvalue weighted by Gasteiger charge is -2.26. The van der Waals surface area contributed by atoms with Crippen LogP contribution in [0.4, 0.5) is 0 Å².